The number of thiazole rings is 1. The number of aliphatic hydroxyl groups is 1. The summed E-state index contributed by atoms with van der Waals surface area (Å²) in [6.07, 6.45) is 0. The summed E-state index contributed by atoms with van der Waals surface area (Å²) in [6, 6.07) is 1.98. The van der Waals surface area contributed by atoms with Gasteiger partial charge in [-0.1, -0.05) is 0 Å². The maximum Gasteiger partial charge on any atom is 0.160 e. The van der Waals surface area contributed by atoms with Crippen molar-refractivity contribution in [1.82, 2.24) is 4.98 Å². The molecule has 0 aliphatic carbocycles. The molecule has 2 aromatic rings. The van der Waals surface area contributed by atoms with Crippen molar-refractivity contribution in [2.24, 2.45) is 0 Å². The van der Waals surface area contributed by atoms with Crippen molar-refractivity contribution in [3.63, 3.8) is 0 Å². The highest BCUT2D eigenvalue weighted by molar-refractivity contribution is 9.11. The number of aromatic nitrogens is 1. The molecule has 0 aliphatic rings. The van der Waals surface area contributed by atoms with E-state index in [1.807, 2.05) is 19.9 Å². The lowest BCUT2D eigenvalue weighted by molar-refractivity contribution is 0.200. The number of benzene rings is 1. The van der Waals surface area contributed by atoms with Gasteiger partial charge in [-0.05, 0) is 47.0 Å². The van der Waals surface area contributed by atoms with Crippen LogP contribution in [0.25, 0.3) is 10.2 Å². The lowest BCUT2D eigenvalue weighted by atomic mass is 10.1. The zero-order valence-corrected chi connectivity index (χ0v) is 11.5. The summed E-state index contributed by atoms with van der Waals surface area (Å²) in [7, 11) is 0. The van der Waals surface area contributed by atoms with E-state index in [0.717, 1.165) is 31.0 Å². The first kappa shape index (κ1) is 11.8. The minimum absolute atomic E-state index is 0.0307. The van der Waals surface area contributed by atoms with Gasteiger partial charge < -0.3 is 9.84 Å². The van der Waals surface area contributed by atoms with E-state index in [1.165, 1.54) is 0 Å². The Hall–Kier alpha value is -0.650. The Morgan fingerprint density at radius 2 is 2.19 bits per heavy atom. The smallest absolute Gasteiger partial charge is 0.160 e. The van der Waals surface area contributed by atoms with Gasteiger partial charge in [-0.15, -0.1) is 11.3 Å². The van der Waals surface area contributed by atoms with Gasteiger partial charge in [0.1, 0.15) is 12.4 Å². The summed E-state index contributed by atoms with van der Waals surface area (Å²) in [5.74, 6) is 0.829. The Kier molecular flexibility index (Phi) is 3.47. The normalized spacial score (nSPS) is 11.0. The molecule has 0 saturated carbocycles. The molecule has 0 bridgehead atoms. The van der Waals surface area contributed by atoms with Crippen molar-refractivity contribution in [3.05, 3.63) is 21.1 Å². The first-order chi connectivity index (χ1) is 7.63. The Bertz CT molecular complexity index is 524. The Morgan fingerprint density at radius 3 is 2.88 bits per heavy atom. The quantitative estimate of drug-likeness (QED) is 0.947. The summed E-state index contributed by atoms with van der Waals surface area (Å²) >= 11 is 4.97. The summed E-state index contributed by atoms with van der Waals surface area (Å²) in [4.78, 5) is 4.43. The second kappa shape index (κ2) is 4.69. The highest BCUT2D eigenvalue weighted by Crippen LogP contribution is 2.34. The Balaban J connectivity index is 2.54. The van der Waals surface area contributed by atoms with E-state index in [2.05, 4.69) is 20.9 Å². The van der Waals surface area contributed by atoms with Crippen LogP contribution in [0.5, 0.6) is 5.75 Å². The summed E-state index contributed by atoms with van der Waals surface area (Å²) in [5, 5.41) is 8.76. The van der Waals surface area contributed by atoms with E-state index < -0.39 is 0 Å². The Morgan fingerprint density at radius 1 is 1.44 bits per heavy atom. The summed E-state index contributed by atoms with van der Waals surface area (Å²) in [5.41, 5.74) is 3.23. The van der Waals surface area contributed by atoms with Crippen molar-refractivity contribution >= 4 is 37.5 Å². The number of aliphatic hydroxyl groups excluding tert-OH is 1. The number of rotatable bonds is 3. The number of halogens is 1. The number of hydrogen-bond donors (Lipinski definition) is 1. The monoisotopic (exact) mass is 301 g/mol. The van der Waals surface area contributed by atoms with Gasteiger partial charge in [-0.2, -0.15) is 0 Å². The van der Waals surface area contributed by atoms with Gasteiger partial charge in [0.25, 0.3) is 0 Å². The molecule has 0 radical (unpaired) electrons. The third-order valence-electron chi connectivity index (χ3n) is 2.53. The average molecular weight is 302 g/mol. The maximum atomic E-state index is 8.76. The molecule has 0 unspecified atom stereocenters. The largest absolute Gasteiger partial charge is 0.491 e. The van der Waals surface area contributed by atoms with Crippen LogP contribution >= 0.6 is 27.3 Å². The number of fused-ring (bicyclic) bond motifs is 1. The third-order valence-corrected chi connectivity index (χ3v) is 3.98. The van der Waals surface area contributed by atoms with Crippen molar-refractivity contribution in [2.45, 2.75) is 13.8 Å². The van der Waals surface area contributed by atoms with Gasteiger partial charge in [-0.25, -0.2) is 4.98 Å². The van der Waals surface area contributed by atoms with Gasteiger partial charge in [0.15, 0.2) is 3.92 Å². The lowest BCUT2D eigenvalue weighted by Crippen LogP contribution is -2.03. The first-order valence-corrected chi connectivity index (χ1v) is 6.54. The highest BCUT2D eigenvalue weighted by Gasteiger charge is 2.11. The van der Waals surface area contributed by atoms with Gasteiger partial charge >= 0.3 is 0 Å². The van der Waals surface area contributed by atoms with Gasteiger partial charge in [0.05, 0.1) is 16.8 Å². The topological polar surface area (TPSA) is 42.4 Å². The molecule has 86 valence electrons. The van der Waals surface area contributed by atoms with Crippen LogP contribution in [0.3, 0.4) is 0 Å². The molecule has 2 rings (SSSR count). The predicted molar refractivity (Wildman–Crippen MR) is 69.4 cm³/mol. The van der Waals surface area contributed by atoms with E-state index >= 15 is 0 Å². The molecule has 0 fully saturated rings. The predicted octanol–water partition coefficient (Wildman–Crippen LogP) is 3.05. The number of hydrogen-bond acceptors (Lipinski definition) is 4. The highest BCUT2D eigenvalue weighted by atomic mass is 79.9. The molecule has 0 atom stereocenters. The Labute approximate surface area is 106 Å². The van der Waals surface area contributed by atoms with Crippen molar-refractivity contribution in [2.75, 3.05) is 13.2 Å². The van der Waals surface area contributed by atoms with Crippen molar-refractivity contribution < 1.29 is 9.84 Å². The van der Waals surface area contributed by atoms with Crippen LogP contribution in [-0.4, -0.2) is 23.3 Å². The standard InChI is InChI=1S/C11H12BrNO2S/c1-6-7(2)10-9(16-11(12)13-10)5-8(6)15-4-3-14/h5,14H,3-4H2,1-2H3. The fraction of sp³-hybridized carbons (Fsp3) is 0.364. The van der Waals surface area contributed by atoms with E-state index in [-0.39, 0.29) is 6.61 Å². The molecule has 0 amide bonds. The second-order valence-corrected chi connectivity index (χ2v) is 5.82. The molecule has 5 heteroatoms. The zero-order valence-electron chi connectivity index (χ0n) is 9.08. The molecular weight excluding hydrogens is 290 g/mol. The molecule has 0 aliphatic heterocycles. The fourth-order valence-electron chi connectivity index (χ4n) is 1.57. The minimum atomic E-state index is 0.0307. The molecule has 16 heavy (non-hydrogen) atoms. The first-order valence-electron chi connectivity index (χ1n) is 4.93. The fourth-order valence-corrected chi connectivity index (χ4v) is 3.05. The molecule has 3 nitrogen and oxygen atoms in total. The SMILES string of the molecule is Cc1c(OCCO)cc2sc(Br)nc2c1C. The molecule has 1 aromatic heterocycles. The maximum absolute atomic E-state index is 8.76. The van der Waals surface area contributed by atoms with Gasteiger partial charge in [0.2, 0.25) is 0 Å². The van der Waals surface area contributed by atoms with Crippen molar-refractivity contribution in [3.8, 4) is 5.75 Å². The molecule has 0 saturated heterocycles. The lowest BCUT2D eigenvalue weighted by Gasteiger charge is -2.10. The summed E-state index contributed by atoms with van der Waals surface area (Å²) in [6.45, 7) is 4.40. The van der Waals surface area contributed by atoms with E-state index in [0.29, 0.717) is 6.61 Å². The van der Waals surface area contributed by atoms with Crippen LogP contribution in [0.15, 0.2) is 9.98 Å². The third kappa shape index (κ3) is 2.07. The van der Waals surface area contributed by atoms with Crippen LogP contribution in [0.2, 0.25) is 0 Å². The second-order valence-electron chi connectivity index (χ2n) is 3.51. The molecule has 1 N–H and O–H groups in total. The molecular formula is C11H12BrNO2S. The molecule has 1 heterocycles. The number of ether oxygens (including phenoxy) is 1. The average Bonchev–Trinajstić information content (AvgIpc) is 2.62. The van der Waals surface area contributed by atoms with Crippen LogP contribution < -0.4 is 4.74 Å². The van der Waals surface area contributed by atoms with Gasteiger partial charge in [0, 0.05) is 0 Å². The van der Waals surface area contributed by atoms with Crippen LogP contribution in [0.4, 0.5) is 0 Å². The van der Waals surface area contributed by atoms with Crippen LogP contribution in [0, 0.1) is 13.8 Å². The van der Waals surface area contributed by atoms with Crippen LogP contribution in [0.1, 0.15) is 11.1 Å². The van der Waals surface area contributed by atoms with Crippen LogP contribution in [-0.2, 0) is 0 Å². The van der Waals surface area contributed by atoms with Gasteiger partial charge in [-0.3, -0.25) is 0 Å². The molecule has 0 spiro atoms. The van der Waals surface area contributed by atoms with E-state index in [4.69, 9.17) is 9.84 Å². The zero-order chi connectivity index (χ0) is 11.7. The van der Waals surface area contributed by atoms with Crippen molar-refractivity contribution in [1.29, 1.82) is 0 Å². The summed E-state index contributed by atoms with van der Waals surface area (Å²) < 4.78 is 7.48. The molecule has 1 aromatic carbocycles. The number of nitrogens with zero attached hydrogens (tertiary/aromatic N) is 1. The number of aryl methyl sites for hydroxylation is 1. The minimum Gasteiger partial charge on any atom is -0.491 e. The van der Waals surface area contributed by atoms with E-state index in [1.54, 1.807) is 11.3 Å². The van der Waals surface area contributed by atoms with E-state index in [9.17, 15) is 0 Å².